The molecular formula is C16H20N2O4S2. The van der Waals surface area contributed by atoms with Crippen LogP contribution in [0.5, 0.6) is 5.75 Å². The van der Waals surface area contributed by atoms with Crippen molar-refractivity contribution in [3.05, 3.63) is 39.6 Å². The molecular weight excluding hydrogens is 348 g/mol. The maximum atomic E-state index is 12.4. The van der Waals surface area contributed by atoms with Crippen LogP contribution in [0, 0.1) is 6.92 Å². The third-order valence-electron chi connectivity index (χ3n) is 3.49. The lowest BCUT2D eigenvalue weighted by Gasteiger charge is -2.09. The number of benzene rings is 1. The van der Waals surface area contributed by atoms with Crippen molar-refractivity contribution >= 4 is 33.0 Å². The minimum Gasteiger partial charge on any atom is -0.495 e. The molecule has 8 heteroatoms. The third-order valence-corrected chi connectivity index (χ3v) is 5.52. The Hall–Kier alpha value is -1.90. The molecule has 2 aromatic rings. The maximum Gasteiger partial charge on any atom is 0.265 e. The van der Waals surface area contributed by atoms with Gasteiger partial charge in [-0.25, -0.2) is 13.6 Å². The Morgan fingerprint density at radius 1 is 1.33 bits per heavy atom. The van der Waals surface area contributed by atoms with Crippen LogP contribution >= 0.6 is 11.3 Å². The van der Waals surface area contributed by atoms with Crippen LogP contribution in [0.3, 0.4) is 0 Å². The minimum atomic E-state index is -3.95. The molecule has 0 aliphatic heterocycles. The van der Waals surface area contributed by atoms with Crippen LogP contribution in [0.4, 0.5) is 5.69 Å². The molecule has 0 atom stereocenters. The first-order chi connectivity index (χ1) is 11.3. The summed E-state index contributed by atoms with van der Waals surface area (Å²) in [4.78, 5) is 13.9. The molecule has 24 heavy (non-hydrogen) atoms. The monoisotopic (exact) mass is 368 g/mol. The van der Waals surface area contributed by atoms with Gasteiger partial charge in [-0.05, 0) is 43.2 Å². The highest BCUT2D eigenvalue weighted by Gasteiger charge is 2.17. The van der Waals surface area contributed by atoms with Gasteiger partial charge < -0.3 is 10.1 Å². The molecule has 6 nitrogen and oxygen atoms in total. The fourth-order valence-electron chi connectivity index (χ4n) is 2.32. The van der Waals surface area contributed by atoms with Crippen molar-refractivity contribution in [2.24, 2.45) is 5.14 Å². The van der Waals surface area contributed by atoms with E-state index >= 15 is 0 Å². The van der Waals surface area contributed by atoms with Gasteiger partial charge in [0.25, 0.3) is 5.91 Å². The number of rotatable bonds is 6. The SMILES string of the molecule is CCCc1cc(C(=O)Nc2ccc(OC)c(S(N)(=O)=O)c2)sc1C. The Labute approximate surface area is 145 Å². The minimum absolute atomic E-state index is 0.132. The first-order valence-electron chi connectivity index (χ1n) is 7.37. The second-order valence-electron chi connectivity index (χ2n) is 5.31. The molecule has 1 amide bonds. The fourth-order valence-corrected chi connectivity index (χ4v) is 4.01. The van der Waals surface area contributed by atoms with Gasteiger partial charge in [-0.15, -0.1) is 11.3 Å². The number of sulfonamides is 1. The molecule has 0 aliphatic carbocycles. The lowest BCUT2D eigenvalue weighted by atomic mass is 10.1. The number of carbonyl (C=O) groups is 1. The standard InChI is InChI=1S/C16H20N2O4S2/c1-4-5-11-8-14(23-10(11)2)16(19)18-12-6-7-13(22-3)15(9-12)24(17,20)21/h6-9H,4-5H2,1-3H3,(H,18,19)(H2,17,20,21). The van der Waals surface area contributed by atoms with Crippen molar-refractivity contribution in [2.75, 3.05) is 12.4 Å². The average molecular weight is 368 g/mol. The van der Waals surface area contributed by atoms with Gasteiger partial charge in [-0.1, -0.05) is 13.3 Å². The topological polar surface area (TPSA) is 98.5 Å². The molecule has 0 fully saturated rings. The number of aryl methyl sites for hydroxylation is 2. The van der Waals surface area contributed by atoms with Crippen LogP contribution in [0.25, 0.3) is 0 Å². The van der Waals surface area contributed by atoms with E-state index in [1.54, 1.807) is 6.07 Å². The van der Waals surface area contributed by atoms with E-state index in [1.165, 1.54) is 30.6 Å². The summed E-state index contributed by atoms with van der Waals surface area (Å²) in [7, 11) is -2.60. The average Bonchev–Trinajstić information content (AvgIpc) is 2.88. The predicted molar refractivity (Wildman–Crippen MR) is 95.4 cm³/mol. The van der Waals surface area contributed by atoms with Crippen molar-refractivity contribution in [3.63, 3.8) is 0 Å². The smallest absolute Gasteiger partial charge is 0.265 e. The summed E-state index contributed by atoms with van der Waals surface area (Å²) in [6, 6.07) is 6.19. The number of carbonyl (C=O) groups excluding carboxylic acids is 1. The second kappa shape index (κ2) is 7.33. The lowest BCUT2D eigenvalue weighted by molar-refractivity contribution is 0.103. The molecule has 0 saturated carbocycles. The Morgan fingerprint density at radius 3 is 2.62 bits per heavy atom. The number of methoxy groups -OCH3 is 1. The van der Waals surface area contributed by atoms with Gasteiger partial charge >= 0.3 is 0 Å². The zero-order chi connectivity index (χ0) is 17.9. The molecule has 130 valence electrons. The van der Waals surface area contributed by atoms with Crippen LogP contribution < -0.4 is 15.2 Å². The van der Waals surface area contributed by atoms with E-state index in [2.05, 4.69) is 12.2 Å². The summed E-state index contributed by atoms with van der Waals surface area (Å²) in [5, 5.41) is 7.88. The zero-order valence-corrected chi connectivity index (χ0v) is 15.4. The summed E-state index contributed by atoms with van der Waals surface area (Å²) < 4.78 is 28.2. The number of primary sulfonamides is 1. The van der Waals surface area contributed by atoms with Gasteiger partial charge in [0.05, 0.1) is 12.0 Å². The first kappa shape index (κ1) is 18.4. The molecule has 0 unspecified atom stereocenters. The summed E-state index contributed by atoms with van der Waals surface area (Å²) in [5.41, 5.74) is 1.50. The zero-order valence-electron chi connectivity index (χ0n) is 13.8. The van der Waals surface area contributed by atoms with Gasteiger partial charge in [-0.2, -0.15) is 0 Å². The molecule has 0 spiro atoms. The highest BCUT2D eigenvalue weighted by molar-refractivity contribution is 7.89. The quantitative estimate of drug-likeness (QED) is 0.819. The fraction of sp³-hybridized carbons (Fsp3) is 0.312. The largest absolute Gasteiger partial charge is 0.495 e. The van der Waals surface area contributed by atoms with Gasteiger partial charge in [0.15, 0.2) is 0 Å². The number of nitrogens with one attached hydrogen (secondary N) is 1. The molecule has 0 radical (unpaired) electrons. The molecule has 2 rings (SSSR count). The molecule has 1 heterocycles. The normalized spacial score (nSPS) is 11.3. The van der Waals surface area contributed by atoms with Crippen LogP contribution in [-0.2, 0) is 16.4 Å². The van der Waals surface area contributed by atoms with Crippen LogP contribution in [0.2, 0.25) is 0 Å². The number of ether oxygens (including phenoxy) is 1. The number of hydrogen-bond acceptors (Lipinski definition) is 5. The summed E-state index contributed by atoms with van der Waals surface area (Å²) in [5.74, 6) is -0.149. The highest BCUT2D eigenvalue weighted by atomic mass is 32.2. The summed E-state index contributed by atoms with van der Waals surface area (Å²) >= 11 is 1.42. The number of nitrogens with two attached hydrogens (primary N) is 1. The number of anilines is 1. The molecule has 1 aromatic carbocycles. The molecule has 0 bridgehead atoms. The lowest BCUT2D eigenvalue weighted by Crippen LogP contribution is -2.15. The number of thiophene rings is 1. The van der Waals surface area contributed by atoms with E-state index in [9.17, 15) is 13.2 Å². The van der Waals surface area contributed by atoms with E-state index in [0.29, 0.717) is 10.6 Å². The second-order valence-corrected chi connectivity index (χ2v) is 8.09. The van der Waals surface area contributed by atoms with E-state index < -0.39 is 10.0 Å². The van der Waals surface area contributed by atoms with Crippen molar-refractivity contribution in [1.82, 2.24) is 0 Å². The van der Waals surface area contributed by atoms with E-state index in [-0.39, 0.29) is 16.6 Å². The van der Waals surface area contributed by atoms with Crippen molar-refractivity contribution in [3.8, 4) is 5.75 Å². The molecule has 3 N–H and O–H groups in total. The van der Waals surface area contributed by atoms with Crippen molar-refractivity contribution in [2.45, 2.75) is 31.6 Å². The van der Waals surface area contributed by atoms with Crippen molar-refractivity contribution < 1.29 is 17.9 Å². The van der Waals surface area contributed by atoms with Crippen LogP contribution in [0.1, 0.15) is 33.5 Å². The van der Waals surface area contributed by atoms with E-state index in [4.69, 9.17) is 9.88 Å². The third kappa shape index (κ3) is 4.14. The Balaban J connectivity index is 2.28. The Morgan fingerprint density at radius 2 is 2.04 bits per heavy atom. The summed E-state index contributed by atoms with van der Waals surface area (Å²) in [6.07, 6.45) is 1.93. The van der Waals surface area contributed by atoms with Gasteiger partial charge in [0.2, 0.25) is 10.0 Å². The van der Waals surface area contributed by atoms with Crippen molar-refractivity contribution in [1.29, 1.82) is 0 Å². The van der Waals surface area contributed by atoms with Gasteiger partial charge in [0.1, 0.15) is 10.6 Å². The number of amides is 1. The Bertz CT molecular complexity index is 857. The number of hydrogen-bond donors (Lipinski definition) is 2. The molecule has 1 aromatic heterocycles. The first-order valence-corrected chi connectivity index (χ1v) is 9.74. The van der Waals surface area contributed by atoms with E-state index in [0.717, 1.165) is 23.3 Å². The van der Waals surface area contributed by atoms with E-state index in [1.807, 2.05) is 13.0 Å². The van der Waals surface area contributed by atoms with Gasteiger partial charge in [0, 0.05) is 10.6 Å². The van der Waals surface area contributed by atoms with Crippen LogP contribution in [0.15, 0.2) is 29.2 Å². The maximum absolute atomic E-state index is 12.4. The van der Waals surface area contributed by atoms with Crippen LogP contribution in [-0.4, -0.2) is 21.4 Å². The molecule has 0 aliphatic rings. The molecule has 0 saturated heterocycles. The predicted octanol–water partition coefficient (Wildman–Crippen LogP) is 2.92. The Kier molecular flexibility index (Phi) is 5.63. The highest BCUT2D eigenvalue weighted by Crippen LogP contribution is 2.28. The van der Waals surface area contributed by atoms with Gasteiger partial charge in [-0.3, -0.25) is 4.79 Å². The summed E-state index contributed by atoms with van der Waals surface area (Å²) in [6.45, 7) is 4.07.